The number of nitrogens with zero attached hydrogens (tertiary/aromatic N) is 1. The van der Waals surface area contributed by atoms with Crippen LogP contribution in [0.15, 0.2) is 60.4 Å². The van der Waals surface area contributed by atoms with Crippen LogP contribution >= 0.6 is 0 Å². The van der Waals surface area contributed by atoms with Gasteiger partial charge in [-0.15, -0.1) is 0 Å². The SMILES string of the molecule is CCOC(=O)C(C1=C(O)c2ccccc2C1=O)C(C(=O)OCC)[n+]1ccccc1. The first-order valence-corrected chi connectivity index (χ1v) is 9.37. The molecular formula is C22H22NO6+. The molecule has 1 aromatic heterocycles. The van der Waals surface area contributed by atoms with Crippen molar-refractivity contribution in [2.24, 2.45) is 5.92 Å². The molecule has 1 N–H and O–H groups in total. The maximum absolute atomic E-state index is 13.1. The van der Waals surface area contributed by atoms with Crippen molar-refractivity contribution in [3.63, 3.8) is 0 Å². The lowest BCUT2D eigenvalue weighted by Gasteiger charge is -2.21. The van der Waals surface area contributed by atoms with Gasteiger partial charge in [0.15, 0.2) is 24.1 Å². The van der Waals surface area contributed by atoms with E-state index in [4.69, 9.17) is 9.47 Å². The van der Waals surface area contributed by atoms with Crippen molar-refractivity contribution in [2.75, 3.05) is 13.2 Å². The molecule has 1 heterocycles. The quantitative estimate of drug-likeness (QED) is 0.571. The Morgan fingerprint density at radius 1 is 0.931 bits per heavy atom. The molecule has 0 fully saturated rings. The lowest BCUT2D eigenvalue weighted by Crippen LogP contribution is -2.51. The van der Waals surface area contributed by atoms with Crippen molar-refractivity contribution < 1.29 is 33.5 Å². The van der Waals surface area contributed by atoms with Crippen LogP contribution in [0.3, 0.4) is 0 Å². The molecule has 0 saturated heterocycles. The predicted octanol–water partition coefficient (Wildman–Crippen LogP) is 2.42. The number of aliphatic hydroxyl groups excluding tert-OH is 1. The lowest BCUT2D eigenvalue weighted by atomic mass is 9.88. The number of ketones is 1. The molecule has 3 rings (SSSR count). The summed E-state index contributed by atoms with van der Waals surface area (Å²) in [6.07, 6.45) is 3.19. The normalized spacial score (nSPS) is 14.9. The molecule has 2 unspecified atom stereocenters. The largest absolute Gasteiger partial charge is 0.507 e. The fourth-order valence-corrected chi connectivity index (χ4v) is 3.47. The summed E-state index contributed by atoms with van der Waals surface area (Å²) in [5.74, 6) is -3.70. The molecule has 0 saturated carbocycles. The van der Waals surface area contributed by atoms with Gasteiger partial charge in [0, 0.05) is 23.3 Å². The number of carbonyl (C=O) groups is 3. The number of carbonyl (C=O) groups excluding carboxylic acids is 3. The third-order valence-electron chi connectivity index (χ3n) is 4.68. The highest BCUT2D eigenvalue weighted by atomic mass is 16.5. The van der Waals surface area contributed by atoms with Gasteiger partial charge in [0.2, 0.25) is 0 Å². The van der Waals surface area contributed by atoms with E-state index in [0.717, 1.165) is 0 Å². The highest BCUT2D eigenvalue weighted by Crippen LogP contribution is 2.38. The molecule has 2 aromatic rings. The molecule has 2 atom stereocenters. The summed E-state index contributed by atoms with van der Waals surface area (Å²) in [5.41, 5.74) is 0.427. The van der Waals surface area contributed by atoms with E-state index in [2.05, 4.69) is 0 Å². The van der Waals surface area contributed by atoms with Crippen LogP contribution < -0.4 is 4.57 Å². The molecule has 0 aliphatic heterocycles. The average Bonchev–Trinajstić information content (AvgIpc) is 2.98. The number of rotatable bonds is 7. The van der Waals surface area contributed by atoms with Crippen LogP contribution in [-0.4, -0.2) is 36.0 Å². The molecule has 1 aliphatic rings. The van der Waals surface area contributed by atoms with Crippen molar-refractivity contribution in [3.8, 4) is 0 Å². The first-order chi connectivity index (χ1) is 14.0. The van der Waals surface area contributed by atoms with Crippen molar-refractivity contribution in [1.29, 1.82) is 0 Å². The third-order valence-corrected chi connectivity index (χ3v) is 4.68. The summed E-state index contributed by atoms with van der Waals surface area (Å²) in [4.78, 5) is 38.9. The minimum absolute atomic E-state index is 0.0551. The van der Waals surface area contributed by atoms with Gasteiger partial charge >= 0.3 is 11.9 Å². The highest BCUT2D eigenvalue weighted by Gasteiger charge is 2.51. The van der Waals surface area contributed by atoms with E-state index in [1.807, 2.05) is 0 Å². The van der Waals surface area contributed by atoms with Gasteiger partial charge in [0.1, 0.15) is 5.76 Å². The van der Waals surface area contributed by atoms with Gasteiger partial charge in [-0.05, 0) is 13.8 Å². The average molecular weight is 396 g/mol. The second-order valence-electron chi connectivity index (χ2n) is 6.39. The zero-order valence-corrected chi connectivity index (χ0v) is 16.2. The van der Waals surface area contributed by atoms with Crippen molar-refractivity contribution >= 4 is 23.5 Å². The summed E-state index contributed by atoms with van der Waals surface area (Å²) < 4.78 is 11.9. The first kappa shape index (κ1) is 20.3. The van der Waals surface area contributed by atoms with E-state index < -0.39 is 29.7 Å². The van der Waals surface area contributed by atoms with E-state index in [1.54, 1.807) is 68.7 Å². The Morgan fingerprint density at radius 2 is 1.52 bits per heavy atom. The molecule has 150 valence electrons. The van der Waals surface area contributed by atoms with E-state index in [9.17, 15) is 19.5 Å². The number of fused-ring (bicyclic) bond motifs is 1. The van der Waals surface area contributed by atoms with E-state index >= 15 is 0 Å². The van der Waals surface area contributed by atoms with Gasteiger partial charge in [-0.25, -0.2) is 4.79 Å². The topological polar surface area (TPSA) is 93.8 Å². The van der Waals surface area contributed by atoms with Crippen LogP contribution in [0.5, 0.6) is 0 Å². The minimum atomic E-state index is -1.37. The number of esters is 2. The van der Waals surface area contributed by atoms with Crippen molar-refractivity contribution in [2.45, 2.75) is 19.9 Å². The maximum atomic E-state index is 13.1. The Kier molecular flexibility index (Phi) is 6.07. The Hall–Kier alpha value is -3.48. The van der Waals surface area contributed by atoms with Crippen LogP contribution in [0.2, 0.25) is 0 Å². The third kappa shape index (κ3) is 3.76. The Labute approximate surface area is 168 Å². The Morgan fingerprint density at radius 3 is 2.10 bits per heavy atom. The van der Waals surface area contributed by atoms with Crippen LogP contribution in [0.1, 0.15) is 35.8 Å². The number of hydrogen-bond acceptors (Lipinski definition) is 6. The van der Waals surface area contributed by atoms with Crippen LogP contribution in [0.4, 0.5) is 0 Å². The first-order valence-electron chi connectivity index (χ1n) is 9.37. The van der Waals surface area contributed by atoms with E-state index in [0.29, 0.717) is 5.56 Å². The molecular weight excluding hydrogens is 374 g/mol. The summed E-state index contributed by atoms with van der Waals surface area (Å²) in [5, 5.41) is 10.8. The van der Waals surface area contributed by atoms with Gasteiger partial charge in [-0.2, -0.15) is 4.57 Å². The number of aromatic nitrogens is 1. The van der Waals surface area contributed by atoms with E-state index in [-0.39, 0.29) is 30.1 Å². The van der Waals surface area contributed by atoms with Gasteiger partial charge in [0.05, 0.1) is 18.8 Å². The zero-order chi connectivity index (χ0) is 21.0. The van der Waals surface area contributed by atoms with Crippen LogP contribution in [0, 0.1) is 5.92 Å². The lowest BCUT2D eigenvalue weighted by molar-refractivity contribution is -0.714. The van der Waals surface area contributed by atoms with E-state index in [1.165, 1.54) is 4.57 Å². The molecule has 0 radical (unpaired) electrons. The molecule has 29 heavy (non-hydrogen) atoms. The molecule has 0 bridgehead atoms. The summed E-state index contributed by atoms with van der Waals surface area (Å²) in [7, 11) is 0. The second-order valence-corrected chi connectivity index (χ2v) is 6.39. The summed E-state index contributed by atoms with van der Waals surface area (Å²) in [6, 6.07) is 10.4. The number of benzene rings is 1. The van der Waals surface area contributed by atoms with Gasteiger partial charge < -0.3 is 14.6 Å². The van der Waals surface area contributed by atoms with Gasteiger partial charge in [0.25, 0.3) is 6.04 Å². The summed E-state index contributed by atoms with van der Waals surface area (Å²) >= 11 is 0. The predicted molar refractivity (Wildman–Crippen MR) is 103 cm³/mol. The van der Waals surface area contributed by atoms with Gasteiger partial charge in [-0.3, -0.25) is 9.59 Å². The number of hydrogen-bond donors (Lipinski definition) is 1. The minimum Gasteiger partial charge on any atom is -0.507 e. The maximum Gasteiger partial charge on any atom is 0.377 e. The summed E-state index contributed by atoms with van der Waals surface area (Å²) in [6.45, 7) is 3.43. The smallest absolute Gasteiger partial charge is 0.377 e. The molecule has 7 heteroatoms. The number of Topliss-reactive ketones (excluding diaryl/α,β-unsaturated/α-hetero) is 1. The molecule has 1 aromatic carbocycles. The zero-order valence-electron chi connectivity index (χ0n) is 16.2. The Balaban J connectivity index is 2.19. The highest BCUT2D eigenvalue weighted by molar-refractivity contribution is 6.22. The van der Waals surface area contributed by atoms with Gasteiger partial charge in [-0.1, -0.05) is 30.3 Å². The number of aliphatic hydroxyl groups is 1. The molecule has 7 nitrogen and oxygen atoms in total. The second kappa shape index (κ2) is 8.68. The molecule has 0 amide bonds. The molecule has 1 aliphatic carbocycles. The Bertz CT molecular complexity index is 966. The van der Waals surface area contributed by atoms with Crippen molar-refractivity contribution in [3.05, 3.63) is 71.6 Å². The monoisotopic (exact) mass is 396 g/mol. The molecule has 0 spiro atoms. The fraction of sp³-hybridized carbons (Fsp3) is 0.273. The number of pyridine rings is 1. The number of ether oxygens (including phenoxy) is 2. The van der Waals surface area contributed by atoms with Crippen LogP contribution in [-0.2, 0) is 19.1 Å². The van der Waals surface area contributed by atoms with Crippen molar-refractivity contribution in [1.82, 2.24) is 0 Å². The van der Waals surface area contributed by atoms with Crippen LogP contribution in [0.25, 0.3) is 5.76 Å². The fourth-order valence-electron chi connectivity index (χ4n) is 3.47. The standard InChI is InChI=1S/C22H21NO6/c1-3-28-21(26)16(17-19(24)14-10-6-7-11-15(14)20(17)25)18(22(27)29-4-2)23-12-8-5-9-13-23/h5-13,16,18H,3-4H2,1-2H3/p+1.